The van der Waals surface area contributed by atoms with E-state index in [9.17, 15) is 14.0 Å². The molecular weight excluding hydrogens is 431 g/mol. The number of rotatable bonds is 7. The minimum absolute atomic E-state index is 0.134. The van der Waals surface area contributed by atoms with Gasteiger partial charge < -0.3 is 20.3 Å². The van der Waals surface area contributed by atoms with Crippen LogP contribution in [0.3, 0.4) is 0 Å². The number of carbonyl (C=O) groups is 2. The van der Waals surface area contributed by atoms with Gasteiger partial charge in [-0.3, -0.25) is 9.59 Å². The Morgan fingerprint density at radius 1 is 1.09 bits per heavy atom. The molecule has 2 N–H and O–H groups in total. The molecule has 0 saturated carbocycles. The molecule has 1 aromatic heterocycles. The lowest BCUT2D eigenvalue weighted by atomic mass is 10.0. The monoisotopic (exact) mass is 454 g/mol. The van der Waals surface area contributed by atoms with Gasteiger partial charge in [-0.1, -0.05) is 30.3 Å². The van der Waals surface area contributed by atoms with Crippen LogP contribution in [0.1, 0.15) is 16.1 Å². The van der Waals surface area contributed by atoms with E-state index in [1.54, 1.807) is 22.4 Å². The average molecular weight is 455 g/mol. The number of benzene rings is 2. The Balaban J connectivity index is 1.46. The van der Waals surface area contributed by atoms with Gasteiger partial charge >= 0.3 is 0 Å². The first-order valence-electron chi connectivity index (χ1n) is 10.3. The lowest BCUT2D eigenvalue weighted by Gasteiger charge is -2.30. The van der Waals surface area contributed by atoms with Gasteiger partial charge in [0.25, 0.3) is 5.91 Å². The van der Waals surface area contributed by atoms with E-state index >= 15 is 0 Å². The van der Waals surface area contributed by atoms with Gasteiger partial charge in [-0.2, -0.15) is 0 Å². The van der Waals surface area contributed by atoms with Crippen molar-refractivity contribution >= 4 is 34.0 Å². The second kappa shape index (κ2) is 10.3. The third-order valence-electron chi connectivity index (χ3n) is 5.04. The topological polar surface area (TPSA) is 83.6 Å². The van der Waals surface area contributed by atoms with E-state index in [0.717, 1.165) is 5.56 Å². The maximum atomic E-state index is 13.1. The molecule has 2 aromatic carbocycles. The Morgan fingerprint density at radius 3 is 2.53 bits per heavy atom. The fraction of sp³-hybridized carbons (Fsp3) is 0.261. The molecule has 3 aromatic rings. The number of morpholine rings is 1. The zero-order valence-corrected chi connectivity index (χ0v) is 18.1. The minimum Gasteiger partial charge on any atom is -0.378 e. The van der Waals surface area contributed by atoms with Gasteiger partial charge in [0.05, 0.1) is 13.2 Å². The minimum atomic E-state index is -0.710. The molecule has 1 unspecified atom stereocenters. The highest BCUT2D eigenvalue weighted by atomic mass is 32.1. The Kier molecular flexibility index (Phi) is 7.08. The quantitative estimate of drug-likeness (QED) is 0.573. The normalized spacial score (nSPS) is 14.6. The Labute approximate surface area is 189 Å². The maximum Gasteiger partial charge on any atom is 0.271 e. The van der Waals surface area contributed by atoms with Crippen molar-refractivity contribution in [2.24, 2.45) is 0 Å². The summed E-state index contributed by atoms with van der Waals surface area (Å²) in [5.41, 5.74) is 1.83. The molecule has 0 bridgehead atoms. The van der Waals surface area contributed by atoms with Gasteiger partial charge in [0.1, 0.15) is 17.6 Å². The number of nitrogens with one attached hydrogen (secondary N) is 2. The number of ether oxygens (including phenoxy) is 1. The van der Waals surface area contributed by atoms with Crippen LogP contribution in [-0.2, 0) is 16.0 Å². The summed E-state index contributed by atoms with van der Waals surface area (Å²) in [6.07, 6.45) is 0.383. The zero-order valence-electron chi connectivity index (χ0n) is 17.3. The average Bonchev–Trinajstić information content (AvgIpc) is 3.29. The lowest BCUT2D eigenvalue weighted by Crippen LogP contribution is -2.52. The largest absolute Gasteiger partial charge is 0.378 e. The van der Waals surface area contributed by atoms with Crippen LogP contribution < -0.4 is 10.6 Å². The van der Waals surface area contributed by atoms with Crippen molar-refractivity contribution in [3.63, 3.8) is 0 Å². The molecule has 1 aliphatic heterocycles. The van der Waals surface area contributed by atoms with Crippen molar-refractivity contribution in [3.05, 3.63) is 77.1 Å². The number of hydrogen-bond acceptors (Lipinski definition) is 6. The van der Waals surface area contributed by atoms with Gasteiger partial charge in [-0.15, -0.1) is 11.3 Å². The van der Waals surface area contributed by atoms with Crippen LogP contribution in [0.5, 0.6) is 0 Å². The second-order valence-corrected chi connectivity index (χ2v) is 8.18. The molecule has 2 amide bonds. The second-order valence-electron chi connectivity index (χ2n) is 7.32. The molecule has 0 spiro atoms. The van der Waals surface area contributed by atoms with E-state index in [2.05, 4.69) is 15.6 Å². The first-order chi connectivity index (χ1) is 15.6. The van der Waals surface area contributed by atoms with Crippen molar-refractivity contribution in [2.75, 3.05) is 31.6 Å². The van der Waals surface area contributed by atoms with E-state index in [0.29, 0.717) is 43.5 Å². The summed E-state index contributed by atoms with van der Waals surface area (Å²) < 4.78 is 18.4. The molecule has 7 nitrogen and oxygen atoms in total. The predicted molar refractivity (Wildman–Crippen MR) is 121 cm³/mol. The summed E-state index contributed by atoms with van der Waals surface area (Å²) in [5, 5.41) is 8.03. The zero-order chi connectivity index (χ0) is 22.3. The molecule has 1 atom stereocenters. The standard InChI is InChI=1S/C23H23FN4O3S/c24-17-6-8-18(9-7-17)25-23-27-20(15-32-23)21(29)26-19(14-16-4-2-1-3-5-16)22(30)28-10-12-31-13-11-28/h1-9,15,19H,10-14H2,(H,25,27)(H,26,29). The number of anilines is 2. The molecule has 32 heavy (non-hydrogen) atoms. The maximum absolute atomic E-state index is 13.1. The van der Waals surface area contributed by atoms with Gasteiger partial charge in [-0.25, -0.2) is 9.37 Å². The summed E-state index contributed by atoms with van der Waals surface area (Å²) in [6.45, 7) is 1.98. The van der Waals surface area contributed by atoms with Crippen LogP contribution in [0.4, 0.5) is 15.2 Å². The van der Waals surface area contributed by atoms with Crippen LogP contribution in [-0.4, -0.2) is 54.0 Å². The van der Waals surface area contributed by atoms with Gasteiger partial charge in [-0.05, 0) is 29.8 Å². The van der Waals surface area contributed by atoms with Crippen LogP contribution in [0.25, 0.3) is 0 Å². The molecule has 0 radical (unpaired) electrons. The summed E-state index contributed by atoms with van der Waals surface area (Å²) >= 11 is 1.26. The number of halogens is 1. The van der Waals surface area contributed by atoms with Crippen molar-refractivity contribution in [1.82, 2.24) is 15.2 Å². The number of hydrogen-bond donors (Lipinski definition) is 2. The van der Waals surface area contributed by atoms with E-state index in [1.165, 1.54) is 23.5 Å². The van der Waals surface area contributed by atoms with Crippen LogP contribution in [0, 0.1) is 5.82 Å². The molecule has 0 aliphatic carbocycles. The molecule has 1 aliphatic rings. The van der Waals surface area contributed by atoms with E-state index in [-0.39, 0.29) is 17.4 Å². The molecule has 4 rings (SSSR count). The Bertz CT molecular complexity index is 1050. The Hall–Kier alpha value is -3.30. The smallest absolute Gasteiger partial charge is 0.271 e. The molecule has 166 valence electrons. The summed E-state index contributed by atoms with van der Waals surface area (Å²) in [6, 6.07) is 14.7. The third kappa shape index (κ3) is 5.68. The number of aromatic nitrogens is 1. The summed E-state index contributed by atoms with van der Waals surface area (Å²) in [7, 11) is 0. The first kappa shape index (κ1) is 21.9. The van der Waals surface area contributed by atoms with Crippen LogP contribution >= 0.6 is 11.3 Å². The highest BCUT2D eigenvalue weighted by Crippen LogP contribution is 2.21. The van der Waals surface area contributed by atoms with Crippen molar-refractivity contribution in [3.8, 4) is 0 Å². The lowest BCUT2D eigenvalue weighted by molar-refractivity contribution is -0.137. The van der Waals surface area contributed by atoms with E-state index in [4.69, 9.17) is 4.74 Å². The number of nitrogens with zero attached hydrogens (tertiary/aromatic N) is 2. The van der Waals surface area contributed by atoms with Gasteiger partial charge in [0.15, 0.2) is 5.13 Å². The fourth-order valence-electron chi connectivity index (χ4n) is 3.38. The molecular formula is C23H23FN4O3S. The van der Waals surface area contributed by atoms with Crippen LogP contribution in [0.15, 0.2) is 60.0 Å². The van der Waals surface area contributed by atoms with E-state index in [1.807, 2.05) is 30.3 Å². The SMILES string of the molecule is O=C(NC(Cc1ccccc1)C(=O)N1CCOCC1)c1csc(Nc2ccc(F)cc2)n1. The summed E-state index contributed by atoms with van der Waals surface area (Å²) in [4.78, 5) is 32.1. The van der Waals surface area contributed by atoms with Gasteiger partial charge in [0.2, 0.25) is 5.91 Å². The van der Waals surface area contributed by atoms with E-state index < -0.39 is 11.9 Å². The molecule has 1 fully saturated rings. The molecule has 2 heterocycles. The molecule has 1 saturated heterocycles. The number of amides is 2. The fourth-order valence-corrected chi connectivity index (χ4v) is 4.09. The molecule has 9 heteroatoms. The number of carbonyl (C=O) groups excluding carboxylic acids is 2. The van der Waals surface area contributed by atoms with Crippen molar-refractivity contribution in [2.45, 2.75) is 12.5 Å². The van der Waals surface area contributed by atoms with Crippen molar-refractivity contribution in [1.29, 1.82) is 0 Å². The third-order valence-corrected chi connectivity index (χ3v) is 5.80. The van der Waals surface area contributed by atoms with Crippen molar-refractivity contribution < 1.29 is 18.7 Å². The van der Waals surface area contributed by atoms with Crippen LogP contribution in [0.2, 0.25) is 0 Å². The first-order valence-corrected chi connectivity index (χ1v) is 11.2. The van der Waals surface area contributed by atoms with Gasteiger partial charge in [0, 0.05) is 30.6 Å². The highest BCUT2D eigenvalue weighted by Gasteiger charge is 2.28. The summed E-state index contributed by atoms with van der Waals surface area (Å²) in [5.74, 6) is -0.884. The number of thiazole rings is 1. The Morgan fingerprint density at radius 2 is 1.81 bits per heavy atom. The predicted octanol–water partition coefficient (Wildman–Crippen LogP) is 3.23. The highest BCUT2D eigenvalue weighted by molar-refractivity contribution is 7.14.